The normalized spacial score (nSPS) is 21.1. The van der Waals surface area contributed by atoms with E-state index in [1.807, 2.05) is 0 Å². The van der Waals surface area contributed by atoms with Crippen LogP contribution in [0, 0.1) is 11.7 Å². The molecule has 10 heteroatoms. The Morgan fingerprint density at radius 2 is 1.89 bits per heavy atom. The zero-order chi connectivity index (χ0) is 20.4. The van der Waals surface area contributed by atoms with E-state index in [-0.39, 0.29) is 18.5 Å². The average Bonchev–Trinajstić information content (AvgIpc) is 2.94. The van der Waals surface area contributed by atoms with Gasteiger partial charge in [0, 0.05) is 13.0 Å². The zero-order valence-electron chi connectivity index (χ0n) is 13.9. The first-order chi connectivity index (χ1) is 12.5. The van der Waals surface area contributed by atoms with Crippen molar-refractivity contribution in [3.05, 3.63) is 35.6 Å². The number of carbonyl (C=O) groups is 3. The van der Waals surface area contributed by atoms with Crippen LogP contribution in [-0.4, -0.2) is 51.7 Å². The Hall–Kier alpha value is -2.65. The summed E-state index contributed by atoms with van der Waals surface area (Å²) >= 11 is 0. The molecule has 1 aromatic rings. The van der Waals surface area contributed by atoms with Crippen LogP contribution in [0.2, 0.25) is 0 Å². The van der Waals surface area contributed by atoms with Crippen molar-refractivity contribution in [1.82, 2.24) is 4.90 Å². The van der Waals surface area contributed by atoms with E-state index in [4.69, 9.17) is 5.11 Å². The van der Waals surface area contributed by atoms with Gasteiger partial charge in [-0.25, -0.2) is 9.18 Å². The van der Waals surface area contributed by atoms with Crippen molar-refractivity contribution in [2.45, 2.75) is 37.4 Å². The number of rotatable bonds is 6. The first-order valence-electron chi connectivity index (χ1n) is 8.05. The number of likely N-dealkylation sites (tertiary alicyclic amines) is 1. The number of hydrogen-bond acceptors (Lipinski definition) is 3. The molecular weight excluding hydrogens is 374 g/mol. The van der Waals surface area contributed by atoms with Gasteiger partial charge in [0.15, 0.2) is 0 Å². The van der Waals surface area contributed by atoms with Crippen molar-refractivity contribution in [3.8, 4) is 0 Å². The standard InChI is InChI=1S/C17H17F4NO5/c18-11-3-1-2-10(6-11)12(7-17(19,20)21)15(25)22-8-9(5-14(23)24)4-13(22)16(26)27/h1-3,6,9,12-13H,4-5,7-8H2,(H,23,24)(H,26,27)/t9-,12?,13+/m1/s1. The summed E-state index contributed by atoms with van der Waals surface area (Å²) in [5.74, 6) is -7.07. The van der Waals surface area contributed by atoms with Crippen LogP contribution in [0.1, 0.15) is 30.7 Å². The number of halogens is 4. The van der Waals surface area contributed by atoms with Gasteiger partial charge in [0.1, 0.15) is 11.9 Å². The molecule has 27 heavy (non-hydrogen) atoms. The van der Waals surface area contributed by atoms with Crippen LogP contribution in [0.3, 0.4) is 0 Å². The quantitative estimate of drug-likeness (QED) is 0.727. The summed E-state index contributed by atoms with van der Waals surface area (Å²) in [4.78, 5) is 35.8. The van der Waals surface area contributed by atoms with Crippen molar-refractivity contribution in [3.63, 3.8) is 0 Å². The van der Waals surface area contributed by atoms with Gasteiger partial charge in [-0.05, 0) is 30.0 Å². The van der Waals surface area contributed by atoms with E-state index in [0.717, 1.165) is 29.2 Å². The van der Waals surface area contributed by atoms with Crippen molar-refractivity contribution in [2.24, 2.45) is 5.92 Å². The molecule has 1 aromatic carbocycles. The first kappa shape index (κ1) is 20.7. The van der Waals surface area contributed by atoms with Crippen molar-refractivity contribution >= 4 is 17.8 Å². The van der Waals surface area contributed by atoms with Gasteiger partial charge in [0.05, 0.1) is 12.3 Å². The lowest BCUT2D eigenvalue weighted by Crippen LogP contribution is -2.43. The second-order valence-corrected chi connectivity index (χ2v) is 6.47. The lowest BCUT2D eigenvalue weighted by Gasteiger charge is -2.27. The smallest absolute Gasteiger partial charge is 0.390 e. The van der Waals surface area contributed by atoms with Gasteiger partial charge in [-0.1, -0.05) is 12.1 Å². The predicted molar refractivity (Wildman–Crippen MR) is 83.3 cm³/mol. The fraction of sp³-hybridized carbons (Fsp3) is 0.471. The summed E-state index contributed by atoms with van der Waals surface area (Å²) in [6.07, 6.45) is -6.90. The monoisotopic (exact) mass is 391 g/mol. The number of benzene rings is 1. The molecule has 0 bridgehead atoms. The van der Waals surface area contributed by atoms with Crippen LogP contribution >= 0.6 is 0 Å². The first-order valence-corrected chi connectivity index (χ1v) is 8.05. The number of nitrogens with zero attached hydrogens (tertiary/aromatic N) is 1. The average molecular weight is 391 g/mol. The molecule has 1 aliphatic heterocycles. The minimum Gasteiger partial charge on any atom is -0.481 e. The van der Waals surface area contributed by atoms with Crippen molar-refractivity contribution < 1.29 is 42.2 Å². The molecule has 1 heterocycles. The van der Waals surface area contributed by atoms with Crippen molar-refractivity contribution in [2.75, 3.05) is 6.54 Å². The second-order valence-electron chi connectivity index (χ2n) is 6.47. The minimum atomic E-state index is -4.74. The summed E-state index contributed by atoms with van der Waals surface area (Å²) in [6, 6.07) is 2.71. The van der Waals surface area contributed by atoms with Crippen LogP contribution in [0.4, 0.5) is 17.6 Å². The molecule has 0 radical (unpaired) electrons. The maximum Gasteiger partial charge on any atom is 0.390 e. The molecule has 1 fully saturated rings. The Morgan fingerprint density at radius 1 is 1.22 bits per heavy atom. The van der Waals surface area contributed by atoms with Gasteiger partial charge in [-0.2, -0.15) is 13.2 Å². The van der Waals surface area contributed by atoms with Gasteiger partial charge in [0.2, 0.25) is 5.91 Å². The number of carboxylic acid groups (broad SMARTS) is 2. The number of alkyl halides is 3. The number of carbonyl (C=O) groups excluding carboxylic acids is 1. The maximum atomic E-state index is 13.4. The van der Waals surface area contributed by atoms with E-state index < -0.39 is 60.6 Å². The Bertz CT molecular complexity index is 736. The lowest BCUT2D eigenvalue weighted by molar-refractivity contribution is -0.157. The summed E-state index contributed by atoms with van der Waals surface area (Å²) in [6.45, 7) is -0.286. The van der Waals surface area contributed by atoms with E-state index in [1.165, 1.54) is 0 Å². The molecule has 3 atom stereocenters. The molecule has 1 saturated heterocycles. The molecule has 148 valence electrons. The minimum absolute atomic E-state index is 0.171. The topological polar surface area (TPSA) is 94.9 Å². The van der Waals surface area contributed by atoms with E-state index in [9.17, 15) is 37.1 Å². The van der Waals surface area contributed by atoms with E-state index >= 15 is 0 Å². The zero-order valence-corrected chi connectivity index (χ0v) is 13.9. The Labute approximate surface area is 151 Å². The maximum absolute atomic E-state index is 13.4. The number of aliphatic carboxylic acids is 2. The highest BCUT2D eigenvalue weighted by molar-refractivity contribution is 5.89. The Morgan fingerprint density at radius 3 is 2.41 bits per heavy atom. The molecule has 0 spiro atoms. The van der Waals surface area contributed by atoms with Crippen molar-refractivity contribution in [1.29, 1.82) is 0 Å². The van der Waals surface area contributed by atoms with Gasteiger partial charge in [0.25, 0.3) is 0 Å². The van der Waals surface area contributed by atoms with Gasteiger partial charge >= 0.3 is 18.1 Å². The third kappa shape index (κ3) is 5.41. The third-order valence-electron chi connectivity index (χ3n) is 4.40. The molecule has 0 aromatic heterocycles. The summed E-state index contributed by atoms with van der Waals surface area (Å²) in [7, 11) is 0. The highest BCUT2D eigenvalue weighted by atomic mass is 19.4. The van der Waals surface area contributed by atoms with E-state index in [2.05, 4.69) is 0 Å². The molecule has 0 saturated carbocycles. The largest absolute Gasteiger partial charge is 0.481 e. The number of carboxylic acids is 2. The number of hydrogen-bond donors (Lipinski definition) is 2. The fourth-order valence-corrected chi connectivity index (χ4v) is 3.30. The Balaban J connectivity index is 2.34. The molecular formula is C17H17F4NO5. The third-order valence-corrected chi connectivity index (χ3v) is 4.40. The summed E-state index contributed by atoms with van der Waals surface area (Å²) < 4.78 is 52.4. The van der Waals surface area contributed by atoms with Crippen LogP contribution in [-0.2, 0) is 14.4 Å². The van der Waals surface area contributed by atoms with Gasteiger partial charge in [-0.15, -0.1) is 0 Å². The predicted octanol–water partition coefficient (Wildman–Crippen LogP) is 2.64. The molecule has 2 rings (SSSR count). The van der Waals surface area contributed by atoms with E-state index in [1.54, 1.807) is 0 Å². The highest BCUT2D eigenvalue weighted by Gasteiger charge is 2.45. The molecule has 2 N–H and O–H groups in total. The van der Waals surface area contributed by atoms with Gasteiger partial charge in [-0.3, -0.25) is 9.59 Å². The number of amides is 1. The molecule has 1 aliphatic rings. The second kappa shape index (κ2) is 7.93. The van der Waals surface area contributed by atoms with Crippen LogP contribution < -0.4 is 0 Å². The molecule has 1 unspecified atom stereocenters. The SMILES string of the molecule is O=C(O)C[C@H]1C[C@@H](C(=O)O)N(C(=O)C(CC(F)(F)F)c2cccc(F)c2)C1. The summed E-state index contributed by atoms with van der Waals surface area (Å²) in [5, 5.41) is 18.1. The van der Waals surface area contributed by atoms with Crippen LogP contribution in [0.25, 0.3) is 0 Å². The molecule has 6 nitrogen and oxygen atoms in total. The Kier molecular flexibility index (Phi) is 6.07. The molecule has 0 aliphatic carbocycles. The lowest BCUT2D eigenvalue weighted by atomic mass is 9.93. The van der Waals surface area contributed by atoms with E-state index in [0.29, 0.717) is 0 Å². The molecule has 1 amide bonds. The van der Waals surface area contributed by atoms with Gasteiger partial charge < -0.3 is 15.1 Å². The summed E-state index contributed by atoms with van der Waals surface area (Å²) in [5.41, 5.74) is -0.219. The van der Waals surface area contributed by atoms with Crippen LogP contribution in [0.5, 0.6) is 0 Å². The highest BCUT2D eigenvalue weighted by Crippen LogP contribution is 2.36. The van der Waals surface area contributed by atoms with Crippen LogP contribution in [0.15, 0.2) is 24.3 Å². The fourth-order valence-electron chi connectivity index (χ4n) is 3.30.